The van der Waals surface area contributed by atoms with Gasteiger partial charge in [0, 0.05) is 12.1 Å². The number of halogens is 1. The first-order valence-electron chi connectivity index (χ1n) is 5.67. The molecule has 1 fully saturated rings. The third kappa shape index (κ3) is 2.85. The molecule has 0 aromatic heterocycles. The predicted octanol–water partition coefficient (Wildman–Crippen LogP) is 0.457. The van der Waals surface area contributed by atoms with E-state index in [2.05, 4.69) is 10.6 Å². The van der Waals surface area contributed by atoms with Gasteiger partial charge in [-0.2, -0.15) is 0 Å². The van der Waals surface area contributed by atoms with E-state index in [9.17, 15) is 14.4 Å². The first kappa shape index (κ1) is 13.4. The number of carbonyl (C=O) groups is 3. The molecule has 100 valence electrons. The lowest BCUT2D eigenvalue weighted by Crippen LogP contribution is -2.52. The van der Waals surface area contributed by atoms with Crippen molar-refractivity contribution in [1.82, 2.24) is 10.6 Å². The molecular formula is C12H12ClN3O3. The molecule has 1 unspecified atom stereocenters. The van der Waals surface area contributed by atoms with Crippen molar-refractivity contribution < 1.29 is 14.4 Å². The van der Waals surface area contributed by atoms with Gasteiger partial charge >= 0.3 is 0 Å². The minimum atomic E-state index is -0.749. The number of amides is 3. The van der Waals surface area contributed by atoms with Gasteiger partial charge in [0.25, 0.3) is 5.91 Å². The van der Waals surface area contributed by atoms with Crippen molar-refractivity contribution in [3.63, 3.8) is 0 Å². The fourth-order valence-corrected chi connectivity index (χ4v) is 2.11. The highest BCUT2D eigenvalue weighted by molar-refractivity contribution is 6.34. The second-order valence-corrected chi connectivity index (χ2v) is 4.59. The average Bonchev–Trinajstić information content (AvgIpc) is 2.32. The molecule has 1 heterocycles. The van der Waals surface area contributed by atoms with E-state index < -0.39 is 17.9 Å². The Bertz CT molecular complexity index is 539. The summed E-state index contributed by atoms with van der Waals surface area (Å²) in [6.07, 6.45) is 0.454. The van der Waals surface area contributed by atoms with Crippen LogP contribution >= 0.6 is 11.6 Å². The molecule has 0 radical (unpaired) electrons. The number of piperidine rings is 1. The molecule has 0 bridgehead atoms. The molecule has 3 amide bonds. The predicted molar refractivity (Wildman–Crippen MR) is 69.5 cm³/mol. The first-order chi connectivity index (χ1) is 8.99. The Balaban J connectivity index is 2.13. The Morgan fingerprint density at radius 1 is 1.42 bits per heavy atom. The normalized spacial score (nSPS) is 18.9. The van der Waals surface area contributed by atoms with Gasteiger partial charge in [0.15, 0.2) is 0 Å². The second kappa shape index (κ2) is 5.27. The average molecular weight is 282 g/mol. The molecule has 1 aliphatic heterocycles. The summed E-state index contributed by atoms with van der Waals surface area (Å²) in [6.45, 7) is 0. The Morgan fingerprint density at radius 2 is 2.16 bits per heavy atom. The number of nitrogens with one attached hydrogen (secondary N) is 2. The van der Waals surface area contributed by atoms with Crippen LogP contribution in [0.5, 0.6) is 0 Å². The van der Waals surface area contributed by atoms with Crippen molar-refractivity contribution in [3.8, 4) is 0 Å². The SMILES string of the molecule is Nc1cccc(Cl)c1C(=O)NC1CCC(=O)NC1=O. The highest BCUT2D eigenvalue weighted by atomic mass is 35.5. The van der Waals surface area contributed by atoms with Crippen LogP contribution in [0.15, 0.2) is 18.2 Å². The fourth-order valence-electron chi connectivity index (χ4n) is 1.84. The van der Waals surface area contributed by atoms with Crippen LogP contribution in [-0.4, -0.2) is 23.8 Å². The largest absolute Gasteiger partial charge is 0.398 e. The summed E-state index contributed by atoms with van der Waals surface area (Å²) in [5, 5.41) is 4.89. The van der Waals surface area contributed by atoms with Crippen molar-refractivity contribution in [3.05, 3.63) is 28.8 Å². The van der Waals surface area contributed by atoms with Gasteiger partial charge in [0.1, 0.15) is 6.04 Å². The van der Waals surface area contributed by atoms with Gasteiger partial charge in [-0.05, 0) is 18.6 Å². The topological polar surface area (TPSA) is 101 Å². The molecule has 7 heteroatoms. The molecule has 2 rings (SSSR count). The van der Waals surface area contributed by atoms with E-state index in [4.69, 9.17) is 17.3 Å². The van der Waals surface area contributed by atoms with E-state index in [1.54, 1.807) is 12.1 Å². The van der Waals surface area contributed by atoms with Crippen LogP contribution in [0, 0.1) is 0 Å². The van der Waals surface area contributed by atoms with Crippen molar-refractivity contribution in [1.29, 1.82) is 0 Å². The Labute approximate surface area is 114 Å². The maximum absolute atomic E-state index is 12.0. The second-order valence-electron chi connectivity index (χ2n) is 4.18. The molecule has 0 aliphatic carbocycles. The van der Waals surface area contributed by atoms with E-state index in [-0.39, 0.29) is 35.0 Å². The van der Waals surface area contributed by atoms with Crippen LogP contribution in [0.25, 0.3) is 0 Å². The highest BCUT2D eigenvalue weighted by Gasteiger charge is 2.28. The van der Waals surface area contributed by atoms with Crippen LogP contribution in [0.4, 0.5) is 5.69 Å². The van der Waals surface area contributed by atoms with Crippen molar-refractivity contribution in [2.24, 2.45) is 0 Å². The van der Waals surface area contributed by atoms with Crippen LogP contribution < -0.4 is 16.4 Å². The summed E-state index contributed by atoms with van der Waals surface area (Å²) in [7, 11) is 0. The number of imide groups is 1. The molecule has 19 heavy (non-hydrogen) atoms. The van der Waals surface area contributed by atoms with E-state index in [1.165, 1.54) is 6.07 Å². The summed E-state index contributed by atoms with van der Waals surface area (Å²) in [6, 6.07) is 3.96. The molecule has 1 saturated heterocycles. The quantitative estimate of drug-likeness (QED) is 0.541. The number of nitrogen functional groups attached to an aromatic ring is 1. The zero-order valence-electron chi connectivity index (χ0n) is 9.90. The molecule has 4 N–H and O–H groups in total. The lowest BCUT2D eigenvalue weighted by molar-refractivity contribution is -0.134. The standard InChI is InChI=1S/C12H12ClN3O3/c13-6-2-1-3-7(14)10(6)12(19)15-8-4-5-9(17)16-11(8)18/h1-3,8H,4-5,14H2,(H,15,19)(H,16,17,18). The monoisotopic (exact) mass is 281 g/mol. The number of hydrogen-bond donors (Lipinski definition) is 3. The zero-order valence-corrected chi connectivity index (χ0v) is 10.7. The Morgan fingerprint density at radius 3 is 2.79 bits per heavy atom. The molecule has 6 nitrogen and oxygen atoms in total. The minimum absolute atomic E-state index is 0.133. The Kier molecular flexibility index (Phi) is 3.71. The summed E-state index contributed by atoms with van der Waals surface area (Å²) in [5.41, 5.74) is 6.05. The molecule has 1 aromatic carbocycles. The molecule has 1 aromatic rings. The van der Waals surface area contributed by atoms with E-state index in [0.717, 1.165) is 0 Å². The van der Waals surface area contributed by atoms with E-state index in [0.29, 0.717) is 0 Å². The molecule has 0 saturated carbocycles. The van der Waals surface area contributed by atoms with Gasteiger partial charge in [-0.15, -0.1) is 0 Å². The van der Waals surface area contributed by atoms with Gasteiger partial charge in [-0.3, -0.25) is 19.7 Å². The molecule has 1 atom stereocenters. The van der Waals surface area contributed by atoms with Crippen molar-refractivity contribution in [2.45, 2.75) is 18.9 Å². The fraction of sp³-hybridized carbons (Fsp3) is 0.250. The van der Waals surface area contributed by atoms with Gasteiger partial charge in [-0.25, -0.2) is 0 Å². The zero-order chi connectivity index (χ0) is 14.0. The molecule has 1 aliphatic rings. The smallest absolute Gasteiger partial charge is 0.255 e. The Hall–Kier alpha value is -2.08. The molecule has 0 spiro atoms. The third-order valence-electron chi connectivity index (χ3n) is 2.82. The van der Waals surface area contributed by atoms with Crippen molar-refractivity contribution >= 4 is 35.0 Å². The third-order valence-corrected chi connectivity index (χ3v) is 3.13. The number of anilines is 1. The van der Waals surface area contributed by atoms with Gasteiger partial charge < -0.3 is 11.1 Å². The summed E-state index contributed by atoms with van der Waals surface area (Å²) < 4.78 is 0. The number of nitrogens with two attached hydrogens (primary N) is 1. The number of carbonyl (C=O) groups excluding carboxylic acids is 3. The van der Waals surface area contributed by atoms with Crippen LogP contribution in [-0.2, 0) is 9.59 Å². The van der Waals surface area contributed by atoms with Gasteiger partial charge in [0.2, 0.25) is 11.8 Å². The van der Waals surface area contributed by atoms with Gasteiger partial charge in [0.05, 0.1) is 10.6 Å². The van der Waals surface area contributed by atoms with E-state index >= 15 is 0 Å². The van der Waals surface area contributed by atoms with Crippen LogP contribution in [0.2, 0.25) is 5.02 Å². The number of rotatable bonds is 2. The maximum Gasteiger partial charge on any atom is 0.255 e. The summed E-state index contributed by atoms with van der Waals surface area (Å²) in [4.78, 5) is 34.6. The number of hydrogen-bond acceptors (Lipinski definition) is 4. The van der Waals surface area contributed by atoms with E-state index in [1.807, 2.05) is 0 Å². The summed E-state index contributed by atoms with van der Waals surface area (Å²) in [5.74, 6) is -1.39. The first-order valence-corrected chi connectivity index (χ1v) is 6.05. The summed E-state index contributed by atoms with van der Waals surface area (Å²) >= 11 is 5.91. The lowest BCUT2D eigenvalue weighted by atomic mass is 10.1. The van der Waals surface area contributed by atoms with Crippen LogP contribution in [0.3, 0.4) is 0 Å². The molecular weight excluding hydrogens is 270 g/mol. The van der Waals surface area contributed by atoms with Gasteiger partial charge in [-0.1, -0.05) is 17.7 Å². The van der Waals surface area contributed by atoms with Crippen molar-refractivity contribution in [2.75, 3.05) is 5.73 Å². The maximum atomic E-state index is 12.0. The lowest BCUT2D eigenvalue weighted by Gasteiger charge is -2.22. The van der Waals surface area contributed by atoms with Crippen LogP contribution in [0.1, 0.15) is 23.2 Å². The number of benzene rings is 1. The minimum Gasteiger partial charge on any atom is -0.398 e. The highest BCUT2D eigenvalue weighted by Crippen LogP contribution is 2.22.